The van der Waals surface area contributed by atoms with Gasteiger partial charge in [0.2, 0.25) is 5.88 Å². The molecule has 0 aliphatic heterocycles. The maximum Gasteiger partial charge on any atom is 0.233 e. The largest absolute Gasteiger partial charge is 0.438 e. The Hall–Kier alpha value is -3.48. The Morgan fingerprint density at radius 2 is 2.08 bits per heavy atom. The number of rotatable bonds is 5. The zero-order valence-electron chi connectivity index (χ0n) is 13.0. The maximum absolute atomic E-state index is 7.56. The number of nitrogens with two attached hydrogens (primary N) is 1. The van der Waals surface area contributed by atoms with Crippen LogP contribution in [-0.2, 0) is 0 Å². The van der Waals surface area contributed by atoms with Crippen molar-refractivity contribution < 1.29 is 4.74 Å². The van der Waals surface area contributed by atoms with Crippen LogP contribution in [0.1, 0.15) is 5.56 Å². The minimum atomic E-state index is 0.179. The highest BCUT2D eigenvalue weighted by Gasteiger charge is 2.14. The number of aromatic nitrogens is 3. The summed E-state index contributed by atoms with van der Waals surface area (Å²) in [6.07, 6.45) is 4.39. The molecule has 0 saturated carbocycles. The van der Waals surface area contributed by atoms with E-state index in [4.69, 9.17) is 15.9 Å². The normalized spacial score (nSPS) is 10.2. The van der Waals surface area contributed by atoms with Crippen LogP contribution in [0.2, 0.25) is 0 Å². The quantitative estimate of drug-likeness (QED) is 0.623. The van der Waals surface area contributed by atoms with E-state index in [1.54, 1.807) is 24.5 Å². The average molecular weight is 320 g/mol. The molecule has 0 aliphatic rings. The fourth-order valence-corrected chi connectivity index (χ4v) is 2.13. The van der Waals surface area contributed by atoms with Crippen molar-refractivity contribution in [3.63, 3.8) is 0 Å². The van der Waals surface area contributed by atoms with Gasteiger partial charge in [-0.25, -0.2) is 4.98 Å². The fourth-order valence-electron chi connectivity index (χ4n) is 2.13. The van der Waals surface area contributed by atoms with Crippen LogP contribution in [0.25, 0.3) is 11.4 Å². The van der Waals surface area contributed by atoms with Gasteiger partial charge < -0.3 is 21.2 Å². The minimum absolute atomic E-state index is 0.179. The molecule has 0 radical (unpaired) electrons. The Morgan fingerprint density at radius 1 is 1.21 bits per heavy atom. The zero-order chi connectivity index (χ0) is 16.9. The first-order valence-corrected chi connectivity index (χ1v) is 7.25. The molecule has 2 aromatic heterocycles. The van der Waals surface area contributed by atoms with Gasteiger partial charge in [0.15, 0.2) is 5.82 Å². The lowest BCUT2D eigenvalue weighted by Gasteiger charge is -2.12. The van der Waals surface area contributed by atoms with E-state index in [-0.39, 0.29) is 11.7 Å². The summed E-state index contributed by atoms with van der Waals surface area (Å²) in [5.41, 5.74) is 7.91. The summed E-state index contributed by atoms with van der Waals surface area (Å²) in [5, 5.41) is 10.6. The molecule has 4 N–H and O–H groups in total. The number of nitrogens with one attached hydrogen (secondary N) is 2. The molecule has 120 valence electrons. The molecule has 0 amide bonds. The van der Waals surface area contributed by atoms with Gasteiger partial charge in [-0.05, 0) is 24.3 Å². The fraction of sp³-hybridized carbons (Fsp3) is 0.0588. The summed E-state index contributed by atoms with van der Waals surface area (Å²) in [4.78, 5) is 12.7. The predicted octanol–water partition coefficient (Wildman–Crippen LogP) is 2.95. The molecular formula is C17H16N6O. The van der Waals surface area contributed by atoms with Gasteiger partial charge in [-0.15, -0.1) is 0 Å². The molecule has 3 aromatic rings. The van der Waals surface area contributed by atoms with E-state index in [0.29, 0.717) is 17.1 Å². The molecule has 1 aromatic carbocycles. The molecule has 2 heterocycles. The van der Waals surface area contributed by atoms with E-state index in [9.17, 15) is 0 Å². The first-order valence-electron chi connectivity index (χ1n) is 7.25. The van der Waals surface area contributed by atoms with Crippen LogP contribution >= 0.6 is 0 Å². The van der Waals surface area contributed by atoms with E-state index < -0.39 is 0 Å². The zero-order valence-corrected chi connectivity index (χ0v) is 13.0. The van der Waals surface area contributed by atoms with E-state index in [2.05, 4.69) is 20.3 Å². The highest BCUT2D eigenvalue weighted by Crippen LogP contribution is 2.29. The Balaban J connectivity index is 2.05. The summed E-state index contributed by atoms with van der Waals surface area (Å²) in [6, 6.07) is 11.0. The number of hydrogen-bond acceptors (Lipinski definition) is 7. The summed E-state index contributed by atoms with van der Waals surface area (Å²) in [7, 11) is 1.82. The predicted molar refractivity (Wildman–Crippen MR) is 93.6 cm³/mol. The molecule has 0 atom stereocenters. The number of hydrogen-bond donors (Lipinski definition) is 3. The van der Waals surface area contributed by atoms with E-state index >= 15 is 0 Å². The summed E-state index contributed by atoms with van der Waals surface area (Å²) < 4.78 is 5.84. The molecule has 3 rings (SSSR count). The lowest BCUT2D eigenvalue weighted by molar-refractivity contribution is 0.462. The first-order chi connectivity index (χ1) is 11.7. The lowest BCUT2D eigenvalue weighted by atomic mass is 10.2. The molecular weight excluding hydrogens is 304 g/mol. The van der Waals surface area contributed by atoms with Crippen LogP contribution < -0.4 is 15.8 Å². The van der Waals surface area contributed by atoms with Gasteiger partial charge >= 0.3 is 0 Å². The molecule has 0 spiro atoms. The smallest absolute Gasteiger partial charge is 0.233 e. The van der Waals surface area contributed by atoms with Crippen molar-refractivity contribution in [1.29, 1.82) is 5.41 Å². The van der Waals surface area contributed by atoms with Crippen molar-refractivity contribution in [2.24, 2.45) is 0 Å². The van der Waals surface area contributed by atoms with Gasteiger partial charge in [-0.3, -0.25) is 4.98 Å². The van der Waals surface area contributed by atoms with Crippen LogP contribution in [0, 0.1) is 5.41 Å². The number of anilines is 2. The second kappa shape index (κ2) is 6.74. The van der Waals surface area contributed by atoms with Crippen LogP contribution in [-0.4, -0.2) is 28.2 Å². The molecule has 0 unspecified atom stereocenters. The van der Waals surface area contributed by atoms with Crippen molar-refractivity contribution in [3.8, 4) is 23.0 Å². The van der Waals surface area contributed by atoms with Crippen molar-refractivity contribution in [1.82, 2.24) is 15.0 Å². The van der Waals surface area contributed by atoms with E-state index in [1.807, 2.05) is 31.3 Å². The molecule has 0 fully saturated rings. The van der Waals surface area contributed by atoms with Gasteiger partial charge in [-0.2, -0.15) is 4.98 Å². The SMILES string of the molecule is CNc1cccc(Oc2nc(-c3cccnc3)nc(N)c2C=N)c1. The first kappa shape index (κ1) is 15.4. The molecule has 0 saturated heterocycles. The van der Waals surface area contributed by atoms with Crippen molar-refractivity contribution >= 4 is 17.7 Å². The third-order valence-electron chi connectivity index (χ3n) is 3.34. The Labute approximate surface area is 139 Å². The van der Waals surface area contributed by atoms with Gasteiger partial charge in [0, 0.05) is 43.0 Å². The van der Waals surface area contributed by atoms with Crippen LogP contribution in [0.3, 0.4) is 0 Å². The summed E-state index contributed by atoms with van der Waals surface area (Å²) >= 11 is 0. The van der Waals surface area contributed by atoms with Crippen molar-refractivity contribution in [2.45, 2.75) is 0 Å². The van der Waals surface area contributed by atoms with Crippen molar-refractivity contribution in [2.75, 3.05) is 18.1 Å². The third kappa shape index (κ3) is 3.14. The second-order valence-corrected chi connectivity index (χ2v) is 4.92. The summed E-state index contributed by atoms with van der Waals surface area (Å²) in [5.74, 6) is 1.38. The van der Waals surface area contributed by atoms with Crippen LogP contribution in [0.5, 0.6) is 11.6 Å². The number of nitrogen functional groups attached to an aromatic ring is 1. The monoisotopic (exact) mass is 320 g/mol. The molecule has 7 nitrogen and oxygen atoms in total. The maximum atomic E-state index is 7.56. The topological polar surface area (TPSA) is 110 Å². The standard InChI is InChI=1S/C17H16N6O/c1-20-12-5-2-6-13(8-12)24-17-14(9-18)15(19)22-16(23-17)11-4-3-7-21-10-11/h2-10,18,20H,1H3,(H2,19,22,23). The van der Waals surface area contributed by atoms with Gasteiger partial charge in [-0.1, -0.05) is 6.07 Å². The Morgan fingerprint density at radius 3 is 2.79 bits per heavy atom. The van der Waals surface area contributed by atoms with Gasteiger partial charge in [0.25, 0.3) is 0 Å². The van der Waals surface area contributed by atoms with E-state index in [0.717, 1.165) is 17.5 Å². The molecule has 0 aliphatic carbocycles. The number of pyridine rings is 1. The highest BCUT2D eigenvalue weighted by molar-refractivity contribution is 5.87. The van der Waals surface area contributed by atoms with Gasteiger partial charge in [0.1, 0.15) is 11.6 Å². The Bertz CT molecular complexity index is 866. The summed E-state index contributed by atoms with van der Waals surface area (Å²) in [6.45, 7) is 0. The molecule has 24 heavy (non-hydrogen) atoms. The number of ether oxygens (including phenoxy) is 1. The second-order valence-electron chi connectivity index (χ2n) is 4.92. The Kier molecular flexibility index (Phi) is 4.33. The van der Waals surface area contributed by atoms with Crippen LogP contribution in [0.4, 0.5) is 11.5 Å². The van der Waals surface area contributed by atoms with Gasteiger partial charge in [0.05, 0.1) is 5.56 Å². The lowest BCUT2D eigenvalue weighted by Crippen LogP contribution is -2.05. The van der Waals surface area contributed by atoms with E-state index in [1.165, 1.54) is 0 Å². The molecule has 0 bridgehead atoms. The van der Waals surface area contributed by atoms with Crippen LogP contribution in [0.15, 0.2) is 48.8 Å². The van der Waals surface area contributed by atoms with Crippen molar-refractivity contribution in [3.05, 3.63) is 54.4 Å². The average Bonchev–Trinajstić information content (AvgIpc) is 2.62. The highest BCUT2D eigenvalue weighted by atomic mass is 16.5. The third-order valence-corrected chi connectivity index (χ3v) is 3.34. The number of nitrogens with zero attached hydrogens (tertiary/aromatic N) is 3. The minimum Gasteiger partial charge on any atom is -0.438 e. The molecule has 7 heteroatoms. The number of benzene rings is 1.